The molecule has 1 aromatic heterocycles. The second-order valence-electron chi connectivity index (χ2n) is 4.04. The quantitative estimate of drug-likeness (QED) is 0.874. The standard InChI is InChI=1S/C13H11ClN2O3/c14-12-4-9(15)5-13(16-12)17-6-8-1-2-10-11(3-8)19-7-18-10/h1-5H,6-7H2,(H2,15,16). The van der Waals surface area contributed by atoms with Crippen molar-refractivity contribution in [1.29, 1.82) is 0 Å². The summed E-state index contributed by atoms with van der Waals surface area (Å²) in [5.41, 5.74) is 7.12. The van der Waals surface area contributed by atoms with Crippen LogP contribution in [0.4, 0.5) is 5.69 Å². The van der Waals surface area contributed by atoms with E-state index in [1.807, 2.05) is 18.2 Å². The largest absolute Gasteiger partial charge is 0.473 e. The summed E-state index contributed by atoms with van der Waals surface area (Å²) in [6.45, 7) is 0.607. The van der Waals surface area contributed by atoms with E-state index in [-0.39, 0.29) is 6.79 Å². The Hall–Kier alpha value is -2.14. The molecule has 0 spiro atoms. The van der Waals surface area contributed by atoms with E-state index in [4.69, 9.17) is 31.5 Å². The molecule has 0 aliphatic carbocycles. The molecule has 0 saturated carbocycles. The van der Waals surface area contributed by atoms with Crippen LogP contribution in [0.2, 0.25) is 5.15 Å². The fourth-order valence-electron chi connectivity index (χ4n) is 1.75. The highest BCUT2D eigenvalue weighted by Gasteiger charge is 2.13. The van der Waals surface area contributed by atoms with Crippen molar-refractivity contribution < 1.29 is 14.2 Å². The van der Waals surface area contributed by atoms with Gasteiger partial charge in [0.15, 0.2) is 11.5 Å². The topological polar surface area (TPSA) is 66.6 Å². The van der Waals surface area contributed by atoms with Crippen LogP contribution in [0.15, 0.2) is 30.3 Å². The lowest BCUT2D eigenvalue weighted by molar-refractivity contribution is 0.174. The first-order valence-electron chi connectivity index (χ1n) is 5.65. The van der Waals surface area contributed by atoms with E-state index in [9.17, 15) is 0 Å². The van der Waals surface area contributed by atoms with Gasteiger partial charge in [-0.1, -0.05) is 17.7 Å². The van der Waals surface area contributed by atoms with Crippen molar-refractivity contribution in [2.75, 3.05) is 12.5 Å². The van der Waals surface area contributed by atoms with Crippen LogP contribution in [0.25, 0.3) is 0 Å². The molecule has 0 radical (unpaired) electrons. The molecule has 2 heterocycles. The van der Waals surface area contributed by atoms with Crippen LogP contribution >= 0.6 is 11.6 Å². The average Bonchev–Trinajstić information content (AvgIpc) is 2.82. The Labute approximate surface area is 114 Å². The number of nitrogens with two attached hydrogens (primary N) is 1. The highest BCUT2D eigenvalue weighted by Crippen LogP contribution is 2.32. The SMILES string of the molecule is Nc1cc(Cl)nc(OCc2ccc3c(c2)OCO3)c1. The summed E-state index contributed by atoms with van der Waals surface area (Å²) in [6, 6.07) is 8.81. The Morgan fingerprint density at radius 1 is 1.21 bits per heavy atom. The zero-order valence-electron chi connectivity index (χ0n) is 9.93. The van der Waals surface area contributed by atoms with Gasteiger partial charge in [-0.2, -0.15) is 0 Å². The number of anilines is 1. The normalized spacial score (nSPS) is 12.5. The van der Waals surface area contributed by atoms with Crippen LogP contribution in [0.5, 0.6) is 17.4 Å². The van der Waals surface area contributed by atoms with Gasteiger partial charge in [-0.15, -0.1) is 0 Å². The Bertz CT molecular complexity index is 599. The van der Waals surface area contributed by atoms with Crippen LogP contribution < -0.4 is 19.9 Å². The Morgan fingerprint density at radius 3 is 2.89 bits per heavy atom. The van der Waals surface area contributed by atoms with Crippen LogP contribution in [-0.2, 0) is 6.61 Å². The van der Waals surface area contributed by atoms with E-state index in [0.717, 1.165) is 17.1 Å². The van der Waals surface area contributed by atoms with Gasteiger partial charge in [0.25, 0.3) is 0 Å². The van der Waals surface area contributed by atoms with Crippen molar-refractivity contribution in [3.63, 3.8) is 0 Å². The lowest BCUT2D eigenvalue weighted by atomic mass is 10.2. The monoisotopic (exact) mass is 278 g/mol. The maximum Gasteiger partial charge on any atom is 0.231 e. The van der Waals surface area contributed by atoms with E-state index in [2.05, 4.69) is 4.98 Å². The summed E-state index contributed by atoms with van der Waals surface area (Å²) in [5.74, 6) is 1.86. The van der Waals surface area contributed by atoms with Gasteiger partial charge < -0.3 is 19.9 Å². The van der Waals surface area contributed by atoms with Crippen molar-refractivity contribution in [1.82, 2.24) is 4.98 Å². The Kier molecular flexibility index (Phi) is 3.05. The maximum absolute atomic E-state index is 5.80. The van der Waals surface area contributed by atoms with Gasteiger partial charge in [-0.3, -0.25) is 0 Å². The van der Waals surface area contributed by atoms with Crippen molar-refractivity contribution in [2.45, 2.75) is 6.61 Å². The van der Waals surface area contributed by atoms with Crippen LogP contribution in [0, 0.1) is 0 Å². The number of nitrogens with zero attached hydrogens (tertiary/aromatic N) is 1. The second-order valence-corrected chi connectivity index (χ2v) is 4.42. The molecule has 19 heavy (non-hydrogen) atoms. The number of hydrogen-bond donors (Lipinski definition) is 1. The van der Waals surface area contributed by atoms with Gasteiger partial charge >= 0.3 is 0 Å². The van der Waals surface area contributed by atoms with Crippen LogP contribution in [0.3, 0.4) is 0 Å². The van der Waals surface area contributed by atoms with Crippen molar-refractivity contribution >= 4 is 17.3 Å². The third-order valence-corrected chi connectivity index (χ3v) is 2.81. The molecular formula is C13H11ClN2O3. The number of hydrogen-bond acceptors (Lipinski definition) is 5. The minimum Gasteiger partial charge on any atom is -0.473 e. The third-order valence-electron chi connectivity index (χ3n) is 2.62. The molecule has 0 saturated heterocycles. The lowest BCUT2D eigenvalue weighted by Gasteiger charge is -2.07. The number of halogens is 1. The second kappa shape index (κ2) is 4.85. The minimum atomic E-state index is 0.256. The molecule has 1 aliphatic heterocycles. The first kappa shape index (κ1) is 11.9. The van der Waals surface area contributed by atoms with Gasteiger partial charge in [-0.05, 0) is 23.8 Å². The smallest absolute Gasteiger partial charge is 0.231 e. The summed E-state index contributed by atoms with van der Waals surface area (Å²) in [7, 11) is 0. The fraction of sp³-hybridized carbons (Fsp3) is 0.154. The van der Waals surface area contributed by atoms with E-state index in [0.29, 0.717) is 23.3 Å². The zero-order chi connectivity index (χ0) is 13.2. The van der Waals surface area contributed by atoms with Gasteiger partial charge in [-0.25, -0.2) is 4.98 Å². The first-order chi connectivity index (χ1) is 9.20. The summed E-state index contributed by atoms with van der Waals surface area (Å²) in [4.78, 5) is 4.03. The summed E-state index contributed by atoms with van der Waals surface area (Å²) in [5, 5.41) is 0.306. The number of fused-ring (bicyclic) bond motifs is 1. The molecule has 0 amide bonds. The molecule has 3 rings (SSSR count). The Balaban J connectivity index is 1.72. The van der Waals surface area contributed by atoms with Crippen molar-refractivity contribution in [2.24, 2.45) is 0 Å². The molecule has 0 fully saturated rings. The van der Waals surface area contributed by atoms with E-state index in [1.165, 1.54) is 0 Å². The number of pyridine rings is 1. The van der Waals surface area contributed by atoms with Crippen molar-refractivity contribution in [3.8, 4) is 17.4 Å². The Morgan fingerprint density at radius 2 is 2.05 bits per heavy atom. The molecule has 2 aromatic rings. The molecule has 1 aliphatic rings. The van der Waals surface area contributed by atoms with Crippen molar-refractivity contribution in [3.05, 3.63) is 41.0 Å². The molecule has 1 aromatic carbocycles. The summed E-state index contributed by atoms with van der Waals surface area (Å²) < 4.78 is 16.1. The molecule has 0 atom stereocenters. The predicted octanol–water partition coefficient (Wildman–Crippen LogP) is 2.62. The minimum absolute atomic E-state index is 0.256. The summed E-state index contributed by atoms with van der Waals surface area (Å²) >= 11 is 5.80. The number of ether oxygens (including phenoxy) is 3. The molecular weight excluding hydrogens is 268 g/mol. The fourth-order valence-corrected chi connectivity index (χ4v) is 1.96. The van der Waals surface area contributed by atoms with E-state index >= 15 is 0 Å². The maximum atomic E-state index is 5.80. The number of nitrogen functional groups attached to an aromatic ring is 1. The zero-order valence-corrected chi connectivity index (χ0v) is 10.7. The van der Waals surface area contributed by atoms with Crippen LogP contribution in [0.1, 0.15) is 5.56 Å². The molecule has 5 nitrogen and oxygen atoms in total. The summed E-state index contributed by atoms with van der Waals surface area (Å²) in [6.07, 6.45) is 0. The van der Waals surface area contributed by atoms with Crippen LogP contribution in [-0.4, -0.2) is 11.8 Å². The van der Waals surface area contributed by atoms with E-state index in [1.54, 1.807) is 12.1 Å². The molecule has 0 unspecified atom stereocenters. The third kappa shape index (κ3) is 2.66. The number of aromatic nitrogens is 1. The van der Waals surface area contributed by atoms with Gasteiger partial charge in [0.05, 0.1) is 0 Å². The molecule has 2 N–H and O–H groups in total. The highest BCUT2D eigenvalue weighted by molar-refractivity contribution is 6.29. The lowest BCUT2D eigenvalue weighted by Crippen LogP contribution is -1.98. The molecule has 0 bridgehead atoms. The van der Waals surface area contributed by atoms with Gasteiger partial charge in [0.2, 0.25) is 12.7 Å². The number of benzene rings is 1. The molecule has 98 valence electrons. The van der Waals surface area contributed by atoms with Gasteiger partial charge in [0, 0.05) is 11.8 Å². The van der Waals surface area contributed by atoms with E-state index < -0.39 is 0 Å². The first-order valence-corrected chi connectivity index (χ1v) is 6.03. The number of rotatable bonds is 3. The van der Waals surface area contributed by atoms with Gasteiger partial charge in [0.1, 0.15) is 11.8 Å². The average molecular weight is 279 g/mol. The molecule has 6 heteroatoms. The highest BCUT2D eigenvalue weighted by atomic mass is 35.5. The predicted molar refractivity (Wildman–Crippen MR) is 70.6 cm³/mol.